The summed E-state index contributed by atoms with van der Waals surface area (Å²) < 4.78 is 5.29. The van der Waals surface area contributed by atoms with Crippen molar-refractivity contribution >= 4 is 12.0 Å². The zero-order valence-corrected chi connectivity index (χ0v) is 12.0. The topological polar surface area (TPSA) is 78.9 Å². The van der Waals surface area contributed by atoms with Crippen molar-refractivity contribution in [3.05, 3.63) is 0 Å². The number of aliphatic carboxylic acids is 1. The lowest BCUT2D eigenvalue weighted by Gasteiger charge is -2.34. The minimum atomic E-state index is -0.746. The highest BCUT2D eigenvalue weighted by Gasteiger charge is 2.29. The molecule has 0 spiro atoms. The summed E-state index contributed by atoms with van der Waals surface area (Å²) >= 11 is 0. The number of nitrogens with zero attached hydrogens (tertiary/aromatic N) is 1. The van der Waals surface area contributed by atoms with Gasteiger partial charge in [-0.1, -0.05) is 6.42 Å². The van der Waals surface area contributed by atoms with E-state index in [9.17, 15) is 9.59 Å². The molecule has 1 aliphatic heterocycles. The normalized spacial score (nSPS) is 28.1. The molecule has 6 nitrogen and oxygen atoms in total. The predicted molar refractivity (Wildman–Crippen MR) is 73.5 cm³/mol. The molecule has 2 rings (SSSR count). The number of urea groups is 1. The Morgan fingerprint density at radius 3 is 2.50 bits per heavy atom. The third-order valence-corrected chi connectivity index (χ3v) is 4.41. The molecule has 2 N–H and O–H groups in total. The minimum absolute atomic E-state index is 0.00232. The lowest BCUT2D eigenvalue weighted by molar-refractivity contribution is -0.143. The fourth-order valence-electron chi connectivity index (χ4n) is 3.11. The van der Waals surface area contributed by atoms with Gasteiger partial charge in [-0.05, 0) is 32.1 Å². The number of carbonyl (C=O) groups excluding carboxylic acids is 1. The number of ether oxygens (including phenoxy) is 1. The summed E-state index contributed by atoms with van der Waals surface area (Å²) in [7, 11) is 1.70. The maximum absolute atomic E-state index is 12.2. The molecule has 20 heavy (non-hydrogen) atoms. The molecule has 1 aliphatic carbocycles. The van der Waals surface area contributed by atoms with E-state index in [1.165, 1.54) is 0 Å². The maximum atomic E-state index is 12.2. The molecule has 0 aromatic carbocycles. The van der Waals surface area contributed by atoms with Crippen molar-refractivity contribution in [2.24, 2.45) is 5.92 Å². The molecular formula is C14H24N2O4. The van der Waals surface area contributed by atoms with Crippen LogP contribution in [0.25, 0.3) is 0 Å². The van der Waals surface area contributed by atoms with E-state index in [4.69, 9.17) is 9.84 Å². The molecular weight excluding hydrogens is 260 g/mol. The van der Waals surface area contributed by atoms with Crippen LogP contribution in [0, 0.1) is 5.92 Å². The van der Waals surface area contributed by atoms with Gasteiger partial charge in [0.15, 0.2) is 0 Å². The van der Waals surface area contributed by atoms with Crippen molar-refractivity contribution in [3.63, 3.8) is 0 Å². The summed E-state index contributed by atoms with van der Waals surface area (Å²) in [5.74, 6) is -1.06. The third kappa shape index (κ3) is 3.85. The van der Waals surface area contributed by atoms with Crippen molar-refractivity contribution in [3.8, 4) is 0 Å². The van der Waals surface area contributed by atoms with Crippen LogP contribution in [-0.2, 0) is 9.53 Å². The van der Waals surface area contributed by atoms with Gasteiger partial charge in [0.1, 0.15) is 0 Å². The molecule has 114 valence electrons. The van der Waals surface area contributed by atoms with Gasteiger partial charge in [0.05, 0.1) is 12.0 Å². The maximum Gasteiger partial charge on any atom is 0.317 e. The number of hydrogen-bond donors (Lipinski definition) is 2. The number of methoxy groups -OCH3 is 1. The Hall–Kier alpha value is -1.30. The van der Waals surface area contributed by atoms with E-state index in [1.54, 1.807) is 12.0 Å². The molecule has 0 radical (unpaired) electrons. The summed E-state index contributed by atoms with van der Waals surface area (Å²) in [6, 6.07) is -0.0620. The quantitative estimate of drug-likeness (QED) is 0.822. The van der Waals surface area contributed by atoms with E-state index in [0.717, 1.165) is 32.1 Å². The number of piperidine rings is 1. The van der Waals surface area contributed by atoms with Crippen molar-refractivity contribution in [2.45, 2.75) is 50.7 Å². The summed E-state index contributed by atoms with van der Waals surface area (Å²) in [5.41, 5.74) is 0. The fourth-order valence-corrected chi connectivity index (χ4v) is 3.11. The highest BCUT2D eigenvalue weighted by Crippen LogP contribution is 2.24. The molecule has 2 atom stereocenters. The molecule has 1 saturated heterocycles. The molecule has 2 unspecified atom stereocenters. The zero-order chi connectivity index (χ0) is 14.5. The van der Waals surface area contributed by atoms with E-state index in [1.807, 2.05) is 0 Å². The number of likely N-dealkylation sites (tertiary alicyclic amines) is 1. The Labute approximate surface area is 119 Å². The van der Waals surface area contributed by atoms with E-state index >= 15 is 0 Å². The van der Waals surface area contributed by atoms with Crippen LogP contribution in [0.3, 0.4) is 0 Å². The molecule has 2 aliphatic rings. The second kappa shape index (κ2) is 6.92. The van der Waals surface area contributed by atoms with E-state index in [-0.39, 0.29) is 24.1 Å². The van der Waals surface area contributed by atoms with Gasteiger partial charge in [0.25, 0.3) is 0 Å². The molecule has 1 heterocycles. The van der Waals surface area contributed by atoms with Crippen LogP contribution in [0.1, 0.15) is 38.5 Å². The molecule has 1 saturated carbocycles. The van der Waals surface area contributed by atoms with Crippen molar-refractivity contribution in [1.82, 2.24) is 10.2 Å². The van der Waals surface area contributed by atoms with E-state index < -0.39 is 5.97 Å². The van der Waals surface area contributed by atoms with E-state index in [0.29, 0.717) is 19.5 Å². The van der Waals surface area contributed by atoms with Crippen LogP contribution in [0.5, 0.6) is 0 Å². The highest BCUT2D eigenvalue weighted by atomic mass is 16.5. The minimum Gasteiger partial charge on any atom is -0.481 e. The van der Waals surface area contributed by atoms with Gasteiger partial charge in [0.2, 0.25) is 0 Å². The van der Waals surface area contributed by atoms with E-state index in [2.05, 4.69) is 5.32 Å². The summed E-state index contributed by atoms with van der Waals surface area (Å²) in [5, 5.41) is 12.0. The van der Waals surface area contributed by atoms with Gasteiger partial charge in [-0.25, -0.2) is 4.79 Å². The van der Waals surface area contributed by atoms with Crippen molar-refractivity contribution in [1.29, 1.82) is 0 Å². The molecule has 0 bridgehead atoms. The Balaban J connectivity index is 1.78. The smallest absolute Gasteiger partial charge is 0.317 e. The summed E-state index contributed by atoms with van der Waals surface area (Å²) in [6.45, 7) is 1.42. The van der Waals surface area contributed by atoms with Crippen LogP contribution in [-0.4, -0.2) is 54.4 Å². The second-order valence-electron chi connectivity index (χ2n) is 5.77. The Morgan fingerprint density at radius 2 is 1.90 bits per heavy atom. The largest absolute Gasteiger partial charge is 0.481 e. The summed E-state index contributed by atoms with van der Waals surface area (Å²) in [6.07, 6.45) is 5.01. The number of carbonyl (C=O) groups is 2. The molecule has 2 amide bonds. The molecule has 0 aromatic rings. The van der Waals surface area contributed by atoms with Gasteiger partial charge in [0, 0.05) is 26.2 Å². The number of nitrogens with one attached hydrogen (secondary N) is 1. The van der Waals surface area contributed by atoms with Gasteiger partial charge < -0.3 is 20.1 Å². The number of hydrogen-bond acceptors (Lipinski definition) is 3. The fraction of sp³-hybridized carbons (Fsp3) is 0.857. The SMILES string of the molecule is COC1CCN(C(=O)NC2CCCC(C(=O)O)C2)CC1. The van der Waals surface area contributed by atoms with Gasteiger partial charge >= 0.3 is 12.0 Å². The van der Waals surface area contributed by atoms with Crippen LogP contribution < -0.4 is 5.32 Å². The lowest BCUT2D eigenvalue weighted by Crippen LogP contribution is -2.50. The first-order chi connectivity index (χ1) is 9.60. The van der Waals surface area contributed by atoms with Crippen LogP contribution in [0.2, 0.25) is 0 Å². The molecule has 6 heteroatoms. The second-order valence-corrected chi connectivity index (χ2v) is 5.77. The first kappa shape index (κ1) is 15.1. The first-order valence-electron chi connectivity index (χ1n) is 7.41. The van der Waals surface area contributed by atoms with Crippen LogP contribution in [0.15, 0.2) is 0 Å². The number of rotatable bonds is 3. The molecule has 0 aromatic heterocycles. The first-order valence-corrected chi connectivity index (χ1v) is 7.41. The number of carboxylic acid groups (broad SMARTS) is 1. The van der Waals surface area contributed by atoms with Gasteiger partial charge in [-0.15, -0.1) is 0 Å². The predicted octanol–water partition coefficient (Wildman–Crippen LogP) is 1.45. The Bertz CT molecular complexity index is 353. The average Bonchev–Trinajstić information content (AvgIpc) is 2.47. The van der Waals surface area contributed by atoms with Crippen LogP contribution in [0.4, 0.5) is 4.79 Å². The Morgan fingerprint density at radius 1 is 1.20 bits per heavy atom. The zero-order valence-electron chi connectivity index (χ0n) is 12.0. The Kier molecular flexibility index (Phi) is 5.23. The van der Waals surface area contributed by atoms with Gasteiger partial charge in [-0.2, -0.15) is 0 Å². The number of amides is 2. The van der Waals surface area contributed by atoms with Gasteiger partial charge in [-0.3, -0.25) is 4.79 Å². The highest BCUT2D eigenvalue weighted by molar-refractivity contribution is 5.75. The lowest BCUT2D eigenvalue weighted by atomic mass is 9.86. The molecule has 2 fully saturated rings. The standard InChI is InChI=1S/C14H24N2O4/c1-20-12-5-7-16(8-6-12)14(19)15-11-4-2-3-10(9-11)13(17)18/h10-12H,2-9H2,1H3,(H,15,19)(H,17,18). The van der Waals surface area contributed by atoms with Crippen LogP contribution >= 0.6 is 0 Å². The summed E-state index contributed by atoms with van der Waals surface area (Å²) in [4.78, 5) is 25.0. The van der Waals surface area contributed by atoms with Crippen molar-refractivity contribution < 1.29 is 19.4 Å². The van der Waals surface area contributed by atoms with Crippen molar-refractivity contribution in [2.75, 3.05) is 20.2 Å². The average molecular weight is 284 g/mol. The third-order valence-electron chi connectivity index (χ3n) is 4.41. The number of carboxylic acids is 1. The monoisotopic (exact) mass is 284 g/mol.